The SMILES string of the molecule is [2H]N([2H])[C@@]([2H])(C(=O)O)C([2H])(Cc1ccccc1)SC(=O)OC(C)(C)C. The van der Waals surface area contributed by atoms with E-state index in [1.54, 1.807) is 51.1 Å². The molecule has 116 valence electrons. The molecule has 0 radical (unpaired) electrons. The smallest absolute Gasteiger partial charge is 0.368 e. The number of ether oxygens (including phenoxy) is 1. The second-order valence-corrected chi connectivity index (χ2v) is 6.34. The van der Waals surface area contributed by atoms with E-state index in [4.69, 9.17) is 10.3 Å². The molecule has 3 N–H and O–H groups in total. The molecule has 0 aliphatic rings. The van der Waals surface area contributed by atoms with Crippen LogP contribution < -0.4 is 5.72 Å². The minimum absolute atomic E-state index is 0.188. The van der Waals surface area contributed by atoms with E-state index in [1.807, 2.05) is 0 Å². The van der Waals surface area contributed by atoms with Crippen molar-refractivity contribution in [1.82, 2.24) is 0 Å². The van der Waals surface area contributed by atoms with Crippen LogP contribution in [0.2, 0.25) is 2.82 Å². The Morgan fingerprint density at radius 3 is 2.52 bits per heavy atom. The quantitative estimate of drug-likeness (QED) is 0.784. The molecule has 0 saturated carbocycles. The van der Waals surface area contributed by atoms with E-state index in [0.717, 1.165) is 0 Å². The maximum absolute atomic E-state index is 12.2. The molecular formula is C15H21NO4S. The van der Waals surface area contributed by atoms with Gasteiger partial charge in [0.1, 0.15) is 14.4 Å². The number of carbonyl (C=O) groups is 2. The lowest BCUT2D eigenvalue weighted by Gasteiger charge is -2.23. The van der Waals surface area contributed by atoms with E-state index in [9.17, 15) is 14.7 Å². The van der Waals surface area contributed by atoms with Crippen LogP contribution in [0.15, 0.2) is 30.3 Å². The zero-order valence-electron chi connectivity index (χ0n) is 16.1. The van der Waals surface area contributed by atoms with E-state index in [-0.39, 0.29) is 23.9 Å². The van der Waals surface area contributed by atoms with Gasteiger partial charge in [-0.1, -0.05) is 30.3 Å². The Morgan fingerprint density at radius 2 is 2.05 bits per heavy atom. The molecule has 0 fully saturated rings. The molecule has 0 bridgehead atoms. The number of carbonyl (C=O) groups excluding carboxylic acids is 1. The van der Waals surface area contributed by atoms with E-state index < -0.39 is 28.1 Å². The van der Waals surface area contributed by atoms with Crippen LogP contribution in [0.25, 0.3) is 0 Å². The molecular weight excluding hydrogens is 290 g/mol. The molecule has 1 aromatic carbocycles. The van der Waals surface area contributed by atoms with Crippen LogP contribution in [0, 0.1) is 0 Å². The first-order valence-electron chi connectivity index (χ1n) is 8.18. The summed E-state index contributed by atoms with van der Waals surface area (Å²) in [5.74, 6) is -1.88. The van der Waals surface area contributed by atoms with Gasteiger partial charge in [0.25, 0.3) is 0 Å². The van der Waals surface area contributed by atoms with Crippen LogP contribution in [-0.2, 0) is 16.0 Å². The summed E-state index contributed by atoms with van der Waals surface area (Å²) in [6, 6.07) is 5.25. The van der Waals surface area contributed by atoms with Crippen molar-refractivity contribution in [3.8, 4) is 0 Å². The number of benzene rings is 1. The third kappa shape index (κ3) is 6.64. The first-order valence-corrected chi connectivity index (χ1v) is 7.11. The minimum atomic E-state index is -3.02. The Bertz CT molecular complexity index is 626. The molecule has 1 unspecified atom stereocenters. The van der Waals surface area contributed by atoms with Gasteiger partial charge in [-0.15, -0.1) is 0 Å². The van der Waals surface area contributed by atoms with E-state index in [2.05, 4.69) is 0 Å². The molecule has 1 rings (SSSR count). The number of rotatable bonds is 6. The molecule has 0 aromatic heterocycles. The lowest BCUT2D eigenvalue weighted by molar-refractivity contribution is -0.138. The van der Waals surface area contributed by atoms with Crippen LogP contribution in [0.1, 0.15) is 29.1 Å². The zero-order chi connectivity index (χ0) is 19.5. The summed E-state index contributed by atoms with van der Waals surface area (Å²) < 4.78 is 36.4. The Balaban J connectivity index is 3.30. The van der Waals surface area contributed by atoms with Gasteiger partial charge in [0, 0.05) is 6.60 Å². The standard InChI is InChI=1S/C15H21NO4S/c1-15(2,3)20-14(19)21-11(12(16)13(17)18)9-10-7-5-4-6-8-10/h4-8,11-12H,9,16H2,1-3H3,(H,17,18)/t11?,12-/m1/s1/i11D,12D/hD2. The maximum Gasteiger partial charge on any atom is 0.368 e. The Hall–Kier alpha value is -1.53. The Kier molecular flexibility index (Phi) is 4.29. The molecule has 0 amide bonds. The summed E-state index contributed by atoms with van der Waals surface area (Å²) in [4.78, 5) is 23.8. The van der Waals surface area contributed by atoms with E-state index in [0.29, 0.717) is 5.56 Å². The summed E-state index contributed by atoms with van der Waals surface area (Å²) in [6.45, 7) is 4.84. The van der Waals surface area contributed by atoms with Crippen molar-refractivity contribution in [3.05, 3.63) is 35.9 Å². The molecule has 21 heavy (non-hydrogen) atoms. The fourth-order valence-corrected chi connectivity index (χ4v) is 2.36. The molecule has 0 saturated heterocycles. The Labute approximate surface area is 134 Å². The third-order valence-corrected chi connectivity index (χ3v) is 3.10. The summed E-state index contributed by atoms with van der Waals surface area (Å²) >= 11 is 0.188. The summed E-state index contributed by atoms with van der Waals surface area (Å²) in [7, 11) is 0. The molecule has 2 atom stereocenters. The normalized spacial score (nSPS) is 20.2. The van der Waals surface area contributed by atoms with Crippen molar-refractivity contribution in [2.24, 2.45) is 5.72 Å². The predicted molar refractivity (Wildman–Crippen MR) is 83.4 cm³/mol. The molecule has 1 aromatic rings. The van der Waals surface area contributed by atoms with Crippen molar-refractivity contribution in [2.45, 2.75) is 44.0 Å². The summed E-state index contributed by atoms with van der Waals surface area (Å²) in [6.07, 6.45) is -0.345. The third-order valence-electron chi connectivity index (χ3n) is 2.27. The molecule has 0 aliphatic carbocycles. The minimum Gasteiger partial charge on any atom is -0.480 e. The van der Waals surface area contributed by atoms with Crippen LogP contribution in [0.4, 0.5) is 4.79 Å². The second-order valence-electron chi connectivity index (χ2n) is 5.31. The lowest BCUT2D eigenvalue weighted by Crippen LogP contribution is -2.42. The number of thioether (sulfide) groups is 1. The Morgan fingerprint density at radius 1 is 1.43 bits per heavy atom. The van der Waals surface area contributed by atoms with Crippen LogP contribution in [-0.4, -0.2) is 33.2 Å². The van der Waals surface area contributed by atoms with Gasteiger partial charge >= 0.3 is 11.3 Å². The summed E-state index contributed by atoms with van der Waals surface area (Å²) in [5, 5.41) is 6.06. The van der Waals surface area contributed by atoms with Gasteiger partial charge < -0.3 is 15.6 Å². The molecule has 5 nitrogen and oxygen atoms in total. The van der Waals surface area contributed by atoms with E-state index in [1.165, 1.54) is 0 Å². The average molecular weight is 315 g/mol. The van der Waals surface area contributed by atoms with Gasteiger partial charge in [-0.2, -0.15) is 0 Å². The van der Waals surface area contributed by atoms with Gasteiger partial charge in [-0.05, 0) is 44.5 Å². The van der Waals surface area contributed by atoms with Crippen LogP contribution in [0.3, 0.4) is 0 Å². The number of carboxylic acid groups (broad SMARTS) is 1. The summed E-state index contributed by atoms with van der Waals surface area (Å²) in [5.41, 5.74) is -0.746. The monoisotopic (exact) mass is 315 g/mol. The second kappa shape index (κ2) is 7.47. The van der Waals surface area contributed by atoms with E-state index >= 15 is 0 Å². The highest BCUT2D eigenvalue weighted by Crippen LogP contribution is 2.24. The van der Waals surface area contributed by atoms with Crippen LogP contribution in [0.5, 0.6) is 0 Å². The molecule has 0 aliphatic heterocycles. The highest BCUT2D eigenvalue weighted by molar-refractivity contribution is 8.13. The largest absolute Gasteiger partial charge is 0.480 e. The van der Waals surface area contributed by atoms with Gasteiger partial charge in [-0.3, -0.25) is 4.79 Å². The van der Waals surface area contributed by atoms with Gasteiger partial charge in [0.15, 0.2) is 0 Å². The van der Waals surface area contributed by atoms with Gasteiger partial charge in [0.2, 0.25) is 0 Å². The average Bonchev–Trinajstić information content (AvgIpc) is 2.44. The number of carboxylic acids is 1. The van der Waals surface area contributed by atoms with Gasteiger partial charge in [-0.25, -0.2) is 4.79 Å². The molecule has 0 spiro atoms. The highest BCUT2D eigenvalue weighted by atomic mass is 32.2. The van der Waals surface area contributed by atoms with Crippen molar-refractivity contribution in [1.29, 1.82) is 0 Å². The van der Waals surface area contributed by atoms with Crippen molar-refractivity contribution < 1.29 is 25.0 Å². The number of aliphatic carboxylic acids is 1. The number of hydrogen-bond donors (Lipinski definition) is 2. The predicted octanol–water partition coefficient (Wildman–Crippen LogP) is 2.68. The van der Waals surface area contributed by atoms with Crippen molar-refractivity contribution in [2.75, 3.05) is 0 Å². The zero-order valence-corrected chi connectivity index (χ0v) is 12.9. The fourth-order valence-electron chi connectivity index (χ4n) is 1.44. The number of hydrogen-bond acceptors (Lipinski definition) is 5. The topological polar surface area (TPSA) is 89.6 Å². The maximum atomic E-state index is 12.2. The number of nitrogens with two attached hydrogens (primary N) is 1. The first-order chi connectivity index (χ1) is 11.3. The lowest BCUT2D eigenvalue weighted by atomic mass is 10.1. The highest BCUT2D eigenvalue weighted by Gasteiger charge is 2.29. The fraction of sp³-hybridized carbons (Fsp3) is 0.467. The van der Waals surface area contributed by atoms with Crippen molar-refractivity contribution in [3.63, 3.8) is 0 Å². The van der Waals surface area contributed by atoms with Crippen LogP contribution >= 0.6 is 11.8 Å². The van der Waals surface area contributed by atoms with Gasteiger partial charge in [0.05, 0.1) is 1.37 Å². The molecule has 0 heterocycles. The van der Waals surface area contributed by atoms with Crippen molar-refractivity contribution >= 4 is 23.0 Å². The molecule has 6 heteroatoms. The first kappa shape index (κ1) is 12.1.